The molecule has 18 heavy (non-hydrogen) atoms. The molecule has 2 unspecified atom stereocenters. The first kappa shape index (κ1) is 12.9. The Morgan fingerprint density at radius 2 is 2.39 bits per heavy atom. The van der Waals surface area contributed by atoms with Crippen LogP contribution in [-0.4, -0.2) is 31.8 Å². The van der Waals surface area contributed by atoms with E-state index in [1.807, 2.05) is 19.1 Å². The van der Waals surface area contributed by atoms with Gasteiger partial charge in [-0.3, -0.25) is 4.79 Å². The second kappa shape index (κ2) is 5.87. The topological polar surface area (TPSA) is 47.6 Å². The van der Waals surface area contributed by atoms with Crippen molar-refractivity contribution in [2.75, 3.05) is 13.7 Å². The van der Waals surface area contributed by atoms with Crippen molar-refractivity contribution in [1.82, 2.24) is 5.32 Å². The Kier molecular flexibility index (Phi) is 4.20. The van der Waals surface area contributed by atoms with Gasteiger partial charge in [0.1, 0.15) is 5.75 Å². The SMILES string of the molecule is COc1cccc(C(=O)NC(C)C2CCCO2)c1. The number of amides is 1. The van der Waals surface area contributed by atoms with Gasteiger partial charge in [-0.15, -0.1) is 0 Å². The number of hydrogen-bond acceptors (Lipinski definition) is 3. The van der Waals surface area contributed by atoms with Crippen molar-refractivity contribution in [2.24, 2.45) is 0 Å². The molecule has 1 amide bonds. The van der Waals surface area contributed by atoms with Crippen molar-refractivity contribution >= 4 is 5.91 Å². The van der Waals surface area contributed by atoms with Gasteiger partial charge < -0.3 is 14.8 Å². The largest absolute Gasteiger partial charge is 0.497 e. The molecule has 1 aliphatic heterocycles. The molecule has 2 rings (SSSR count). The molecular formula is C14H19NO3. The first-order chi connectivity index (χ1) is 8.70. The van der Waals surface area contributed by atoms with Gasteiger partial charge in [0.05, 0.1) is 19.3 Å². The number of rotatable bonds is 4. The highest BCUT2D eigenvalue weighted by Gasteiger charge is 2.23. The lowest BCUT2D eigenvalue weighted by Gasteiger charge is -2.20. The predicted molar refractivity (Wildman–Crippen MR) is 68.9 cm³/mol. The molecule has 1 heterocycles. The van der Waals surface area contributed by atoms with Crippen molar-refractivity contribution in [1.29, 1.82) is 0 Å². The van der Waals surface area contributed by atoms with Crippen LogP contribution >= 0.6 is 0 Å². The van der Waals surface area contributed by atoms with E-state index in [2.05, 4.69) is 5.32 Å². The number of methoxy groups -OCH3 is 1. The van der Waals surface area contributed by atoms with Crippen molar-refractivity contribution in [3.05, 3.63) is 29.8 Å². The predicted octanol–water partition coefficient (Wildman–Crippen LogP) is 1.99. The Labute approximate surface area is 107 Å². The minimum absolute atomic E-state index is 0.0335. The highest BCUT2D eigenvalue weighted by Crippen LogP contribution is 2.17. The fourth-order valence-electron chi connectivity index (χ4n) is 2.14. The normalized spacial score (nSPS) is 20.4. The van der Waals surface area contributed by atoms with E-state index in [1.165, 1.54) is 0 Å². The molecule has 0 spiro atoms. The molecule has 0 aromatic heterocycles. The number of nitrogens with one attached hydrogen (secondary N) is 1. The molecule has 1 saturated heterocycles. The number of hydrogen-bond donors (Lipinski definition) is 1. The molecular weight excluding hydrogens is 230 g/mol. The van der Waals surface area contributed by atoms with Gasteiger partial charge in [0.2, 0.25) is 0 Å². The summed E-state index contributed by atoms with van der Waals surface area (Å²) in [6, 6.07) is 7.17. The van der Waals surface area contributed by atoms with Crippen molar-refractivity contribution < 1.29 is 14.3 Å². The molecule has 1 fully saturated rings. The van der Waals surface area contributed by atoms with E-state index in [-0.39, 0.29) is 18.1 Å². The summed E-state index contributed by atoms with van der Waals surface area (Å²) in [6.07, 6.45) is 2.23. The first-order valence-electron chi connectivity index (χ1n) is 6.27. The Balaban J connectivity index is 1.97. The summed E-state index contributed by atoms with van der Waals surface area (Å²) < 4.78 is 10.7. The van der Waals surface area contributed by atoms with Gasteiger partial charge >= 0.3 is 0 Å². The maximum Gasteiger partial charge on any atom is 0.251 e. The minimum atomic E-state index is -0.0862. The molecule has 0 bridgehead atoms. The molecule has 1 aliphatic rings. The summed E-state index contributed by atoms with van der Waals surface area (Å²) in [6.45, 7) is 2.78. The second-order valence-corrected chi connectivity index (χ2v) is 4.55. The summed E-state index contributed by atoms with van der Waals surface area (Å²) in [7, 11) is 1.59. The smallest absolute Gasteiger partial charge is 0.251 e. The molecule has 4 nitrogen and oxygen atoms in total. The molecule has 0 aliphatic carbocycles. The van der Waals surface area contributed by atoms with Gasteiger partial charge in [0, 0.05) is 12.2 Å². The fraction of sp³-hybridized carbons (Fsp3) is 0.500. The summed E-state index contributed by atoms with van der Waals surface area (Å²) in [5.41, 5.74) is 0.610. The van der Waals surface area contributed by atoms with Crippen molar-refractivity contribution in [3.8, 4) is 5.75 Å². The lowest BCUT2D eigenvalue weighted by molar-refractivity contribution is 0.0712. The third-order valence-electron chi connectivity index (χ3n) is 3.21. The zero-order chi connectivity index (χ0) is 13.0. The molecule has 1 aromatic rings. The Morgan fingerprint density at radius 1 is 1.56 bits per heavy atom. The van der Waals surface area contributed by atoms with Gasteiger partial charge in [0.15, 0.2) is 0 Å². The molecule has 2 atom stereocenters. The second-order valence-electron chi connectivity index (χ2n) is 4.55. The summed E-state index contributed by atoms with van der Waals surface area (Å²) in [4.78, 5) is 12.1. The van der Waals surface area contributed by atoms with Gasteiger partial charge in [-0.1, -0.05) is 6.07 Å². The lowest BCUT2D eigenvalue weighted by Crippen LogP contribution is -2.40. The fourth-order valence-corrected chi connectivity index (χ4v) is 2.14. The first-order valence-corrected chi connectivity index (χ1v) is 6.27. The zero-order valence-corrected chi connectivity index (χ0v) is 10.8. The molecule has 4 heteroatoms. The Morgan fingerprint density at radius 3 is 3.06 bits per heavy atom. The van der Waals surface area contributed by atoms with E-state index in [0.717, 1.165) is 19.4 Å². The summed E-state index contributed by atoms with van der Waals surface area (Å²) >= 11 is 0. The van der Waals surface area contributed by atoms with E-state index >= 15 is 0 Å². The molecule has 1 aromatic carbocycles. The average Bonchev–Trinajstić information content (AvgIpc) is 2.92. The van der Waals surface area contributed by atoms with Crippen LogP contribution in [0, 0.1) is 0 Å². The van der Waals surface area contributed by atoms with E-state index in [4.69, 9.17) is 9.47 Å². The van der Waals surface area contributed by atoms with Crippen LogP contribution in [0.15, 0.2) is 24.3 Å². The standard InChI is InChI=1S/C14H19NO3/c1-10(13-7-4-8-18-13)15-14(16)11-5-3-6-12(9-11)17-2/h3,5-6,9-10,13H,4,7-8H2,1-2H3,(H,15,16). The van der Waals surface area contributed by atoms with Crippen LogP contribution in [0.1, 0.15) is 30.1 Å². The molecule has 1 N–H and O–H groups in total. The average molecular weight is 249 g/mol. The highest BCUT2D eigenvalue weighted by atomic mass is 16.5. The molecule has 0 radical (unpaired) electrons. The van der Waals surface area contributed by atoms with Crippen LogP contribution in [0.4, 0.5) is 0 Å². The number of benzene rings is 1. The van der Waals surface area contributed by atoms with Gasteiger partial charge in [-0.25, -0.2) is 0 Å². The Bertz CT molecular complexity index is 413. The van der Waals surface area contributed by atoms with Crippen LogP contribution in [0.5, 0.6) is 5.75 Å². The van der Waals surface area contributed by atoms with Crippen LogP contribution in [0.2, 0.25) is 0 Å². The molecule has 98 valence electrons. The monoisotopic (exact) mass is 249 g/mol. The third kappa shape index (κ3) is 3.01. The molecule has 0 saturated carbocycles. The zero-order valence-electron chi connectivity index (χ0n) is 10.8. The number of carbonyl (C=O) groups is 1. The van der Waals surface area contributed by atoms with Gasteiger partial charge in [0.25, 0.3) is 5.91 Å². The van der Waals surface area contributed by atoms with E-state index in [0.29, 0.717) is 11.3 Å². The van der Waals surface area contributed by atoms with Gasteiger partial charge in [-0.2, -0.15) is 0 Å². The van der Waals surface area contributed by atoms with Crippen LogP contribution < -0.4 is 10.1 Å². The van der Waals surface area contributed by atoms with E-state index in [1.54, 1.807) is 19.2 Å². The summed E-state index contributed by atoms with van der Waals surface area (Å²) in [5, 5.41) is 2.97. The van der Waals surface area contributed by atoms with Crippen LogP contribution in [-0.2, 0) is 4.74 Å². The van der Waals surface area contributed by atoms with Gasteiger partial charge in [-0.05, 0) is 38.0 Å². The van der Waals surface area contributed by atoms with Crippen LogP contribution in [0.25, 0.3) is 0 Å². The van der Waals surface area contributed by atoms with Crippen molar-refractivity contribution in [3.63, 3.8) is 0 Å². The van der Waals surface area contributed by atoms with E-state index < -0.39 is 0 Å². The quantitative estimate of drug-likeness (QED) is 0.887. The number of ether oxygens (including phenoxy) is 2. The lowest BCUT2D eigenvalue weighted by atomic mass is 10.1. The van der Waals surface area contributed by atoms with E-state index in [9.17, 15) is 4.79 Å². The maximum absolute atomic E-state index is 12.1. The van der Waals surface area contributed by atoms with Crippen LogP contribution in [0.3, 0.4) is 0 Å². The van der Waals surface area contributed by atoms with Crippen molar-refractivity contribution in [2.45, 2.75) is 31.9 Å². The maximum atomic E-state index is 12.1. The number of carbonyl (C=O) groups excluding carboxylic acids is 1. The summed E-state index contributed by atoms with van der Waals surface area (Å²) in [5.74, 6) is 0.601. The Hall–Kier alpha value is -1.55. The minimum Gasteiger partial charge on any atom is -0.497 e. The third-order valence-corrected chi connectivity index (χ3v) is 3.21. The highest BCUT2D eigenvalue weighted by molar-refractivity contribution is 5.94.